The van der Waals surface area contributed by atoms with Crippen LogP contribution in [0.3, 0.4) is 0 Å². The Morgan fingerprint density at radius 3 is 2.43 bits per heavy atom. The lowest BCUT2D eigenvalue weighted by Gasteiger charge is -2.15. The first-order valence-corrected chi connectivity index (χ1v) is 7.75. The van der Waals surface area contributed by atoms with E-state index in [2.05, 4.69) is 20.0 Å². The van der Waals surface area contributed by atoms with Gasteiger partial charge in [0.1, 0.15) is 0 Å². The van der Waals surface area contributed by atoms with Gasteiger partial charge in [-0.25, -0.2) is 0 Å². The van der Waals surface area contributed by atoms with Crippen LogP contribution in [0.25, 0.3) is 0 Å². The molecular formula is C19H24N2O2. The molecule has 0 radical (unpaired) electrons. The summed E-state index contributed by atoms with van der Waals surface area (Å²) in [6.45, 7) is 4.89. The lowest BCUT2D eigenvalue weighted by Crippen LogP contribution is -2.44. The number of hydrogen-bond acceptors (Lipinski definition) is 3. The molecule has 2 rings (SSSR count). The smallest absolute Gasteiger partial charge is 0.249 e. The maximum atomic E-state index is 5.33. The number of ether oxygens (including phenoxy) is 2. The Labute approximate surface area is 138 Å². The molecule has 1 aromatic carbocycles. The molecule has 0 aliphatic heterocycles. The number of methoxy groups -OCH3 is 2. The molecule has 0 bridgehead atoms. The monoisotopic (exact) mass is 312 g/mol. The van der Waals surface area contributed by atoms with E-state index in [1.165, 1.54) is 0 Å². The van der Waals surface area contributed by atoms with E-state index in [0.29, 0.717) is 12.5 Å². The quantitative estimate of drug-likeness (QED) is 0.356. The number of rotatable bonds is 6. The first kappa shape index (κ1) is 17.2. The highest BCUT2D eigenvalue weighted by molar-refractivity contribution is 5.91. The molecule has 4 nitrogen and oxygen atoms in total. The highest BCUT2D eigenvalue weighted by atomic mass is 16.5. The molecule has 0 fully saturated rings. The van der Waals surface area contributed by atoms with Gasteiger partial charge in [-0.2, -0.15) is 0 Å². The van der Waals surface area contributed by atoms with E-state index < -0.39 is 0 Å². The second kappa shape index (κ2) is 8.44. The van der Waals surface area contributed by atoms with E-state index in [-0.39, 0.29) is 6.04 Å². The highest BCUT2D eigenvalue weighted by Gasteiger charge is 2.20. The minimum atomic E-state index is 0.0817. The lowest BCUT2D eigenvalue weighted by molar-refractivity contribution is -0.559. The molecule has 0 saturated carbocycles. The zero-order chi connectivity index (χ0) is 16.7. The molecule has 1 aromatic heterocycles. The second-order valence-electron chi connectivity index (χ2n) is 5.65. The van der Waals surface area contributed by atoms with Gasteiger partial charge in [-0.05, 0) is 5.92 Å². The van der Waals surface area contributed by atoms with E-state index in [1.807, 2.05) is 47.2 Å². The summed E-state index contributed by atoms with van der Waals surface area (Å²) < 4.78 is 12.4. The number of nitrogens with zero attached hydrogens (tertiary/aromatic N) is 2. The molecule has 1 heterocycles. The topological polar surface area (TPSA) is 34.7 Å². The van der Waals surface area contributed by atoms with E-state index >= 15 is 0 Å². The summed E-state index contributed by atoms with van der Waals surface area (Å²) in [5, 5.41) is 0. The van der Waals surface area contributed by atoms with Crippen molar-refractivity contribution in [3.63, 3.8) is 0 Å². The molecule has 4 heteroatoms. The van der Waals surface area contributed by atoms with Crippen LogP contribution in [-0.2, 0) is 4.74 Å². The van der Waals surface area contributed by atoms with Crippen LogP contribution in [0.4, 0.5) is 0 Å². The Morgan fingerprint density at radius 1 is 1.17 bits per heavy atom. The predicted octanol–water partition coefficient (Wildman–Crippen LogP) is 2.75. The third kappa shape index (κ3) is 4.63. The Hall–Kier alpha value is -2.20. The average Bonchev–Trinajstić information content (AvgIpc) is 2.59. The highest BCUT2D eigenvalue weighted by Crippen LogP contribution is 2.10. The maximum absolute atomic E-state index is 5.33. The standard InChI is InChI=1S/C19H24N2O2/c1-15(2)18(14-22-3)20-19(16-8-6-5-7-9-16)21-12-10-17(23-4)11-13-21/h5-12,15,18H,14H2,1-4H3. The summed E-state index contributed by atoms with van der Waals surface area (Å²) in [6.07, 6.45) is 5.10. The number of hydrogen-bond donors (Lipinski definition) is 0. The van der Waals surface area contributed by atoms with Gasteiger partial charge in [0.05, 0.1) is 13.7 Å². The predicted molar refractivity (Wildman–Crippen MR) is 90.9 cm³/mol. The number of aliphatic imine (C=N–C) groups is 1. The summed E-state index contributed by atoms with van der Waals surface area (Å²) in [6, 6.07) is 13.9. The van der Waals surface area contributed by atoms with Gasteiger partial charge in [-0.3, -0.25) is 0 Å². The van der Waals surface area contributed by atoms with Gasteiger partial charge >= 0.3 is 0 Å². The molecule has 0 aliphatic rings. The van der Waals surface area contributed by atoms with E-state index in [9.17, 15) is 0 Å². The van der Waals surface area contributed by atoms with Gasteiger partial charge < -0.3 is 14.0 Å². The second-order valence-corrected chi connectivity index (χ2v) is 5.65. The fourth-order valence-corrected chi connectivity index (χ4v) is 2.20. The van der Waals surface area contributed by atoms with Crippen LogP contribution in [0.15, 0.2) is 53.7 Å². The van der Waals surface area contributed by atoms with Crippen molar-refractivity contribution in [3.05, 3.63) is 60.4 Å². The molecule has 0 spiro atoms. The Kier molecular flexibility index (Phi) is 6.29. The van der Waals surface area contributed by atoms with Crippen LogP contribution >= 0.6 is 0 Å². The number of benzene rings is 1. The van der Waals surface area contributed by atoms with Gasteiger partial charge in [-0.1, -0.05) is 56.3 Å². The van der Waals surface area contributed by atoms with Crippen LogP contribution in [0.1, 0.15) is 19.4 Å². The largest absolute Gasteiger partial charge is 0.540 e. The van der Waals surface area contributed by atoms with Crippen LogP contribution in [0, 0.1) is 12.1 Å². The minimum absolute atomic E-state index is 0.0817. The van der Waals surface area contributed by atoms with Crippen LogP contribution in [0.5, 0.6) is 5.75 Å². The van der Waals surface area contributed by atoms with Gasteiger partial charge in [0.25, 0.3) is 0 Å². The Balaban J connectivity index is 2.46. The molecule has 0 N–H and O–H groups in total. The summed E-state index contributed by atoms with van der Waals surface area (Å²) >= 11 is 0. The van der Waals surface area contributed by atoms with Crippen molar-refractivity contribution in [2.24, 2.45) is 10.9 Å². The Bertz CT molecular complexity index is 622. The molecule has 23 heavy (non-hydrogen) atoms. The molecule has 122 valence electrons. The molecular weight excluding hydrogens is 288 g/mol. The summed E-state index contributed by atoms with van der Waals surface area (Å²) in [5.41, 5.74) is 1.04. The third-order valence-electron chi connectivity index (χ3n) is 3.62. The Morgan fingerprint density at radius 2 is 1.91 bits per heavy atom. The van der Waals surface area contributed by atoms with Crippen LogP contribution in [-0.4, -0.2) is 32.7 Å². The molecule has 0 aliphatic carbocycles. The van der Waals surface area contributed by atoms with Crippen molar-refractivity contribution in [1.29, 1.82) is 0 Å². The van der Waals surface area contributed by atoms with Gasteiger partial charge in [0, 0.05) is 30.8 Å². The molecule has 1 unspecified atom stereocenters. The molecule has 2 aromatic rings. The van der Waals surface area contributed by atoms with Crippen molar-refractivity contribution < 1.29 is 14.0 Å². The maximum Gasteiger partial charge on any atom is 0.249 e. The SMILES string of the molecule is COCC(N=C(c1ccccc1)[n+]1[c-]cc(OC)cc1)C(C)C. The van der Waals surface area contributed by atoms with E-state index in [0.717, 1.165) is 17.1 Å². The van der Waals surface area contributed by atoms with E-state index in [1.54, 1.807) is 20.3 Å². The fourth-order valence-electron chi connectivity index (χ4n) is 2.20. The first-order chi connectivity index (χ1) is 11.2. The fraction of sp³-hybridized carbons (Fsp3) is 0.368. The molecule has 1 atom stereocenters. The van der Waals surface area contributed by atoms with Crippen LogP contribution in [0.2, 0.25) is 0 Å². The lowest BCUT2D eigenvalue weighted by atomic mass is 10.1. The first-order valence-electron chi connectivity index (χ1n) is 7.75. The number of aromatic nitrogens is 1. The number of pyridine rings is 1. The van der Waals surface area contributed by atoms with Gasteiger partial charge in [0.2, 0.25) is 5.84 Å². The van der Waals surface area contributed by atoms with Crippen molar-refractivity contribution in [2.45, 2.75) is 19.9 Å². The molecule has 0 saturated heterocycles. The van der Waals surface area contributed by atoms with Gasteiger partial charge in [-0.15, -0.1) is 4.99 Å². The zero-order valence-corrected chi connectivity index (χ0v) is 14.2. The van der Waals surface area contributed by atoms with E-state index in [4.69, 9.17) is 14.5 Å². The summed E-state index contributed by atoms with van der Waals surface area (Å²) in [4.78, 5) is 4.94. The third-order valence-corrected chi connectivity index (χ3v) is 3.62. The van der Waals surface area contributed by atoms with Crippen molar-refractivity contribution in [2.75, 3.05) is 20.8 Å². The minimum Gasteiger partial charge on any atom is -0.540 e. The van der Waals surface area contributed by atoms with Gasteiger partial charge in [0.15, 0.2) is 6.04 Å². The molecule has 0 amide bonds. The summed E-state index contributed by atoms with van der Waals surface area (Å²) in [7, 11) is 3.35. The van der Waals surface area contributed by atoms with Crippen LogP contribution < -0.4 is 9.30 Å². The summed E-state index contributed by atoms with van der Waals surface area (Å²) in [5.74, 6) is 2.00. The normalized spacial score (nSPS) is 13.2. The van der Waals surface area contributed by atoms with Crippen molar-refractivity contribution in [1.82, 2.24) is 0 Å². The van der Waals surface area contributed by atoms with Crippen molar-refractivity contribution in [3.8, 4) is 5.75 Å². The average molecular weight is 312 g/mol. The van der Waals surface area contributed by atoms with Crippen molar-refractivity contribution >= 4 is 5.84 Å². The zero-order valence-electron chi connectivity index (χ0n) is 14.2.